The average molecular weight is 366 g/mol. The molecule has 2 aromatic rings. The molecule has 1 heterocycles. The van der Waals surface area contributed by atoms with Crippen LogP contribution in [0.3, 0.4) is 0 Å². The van der Waals surface area contributed by atoms with Gasteiger partial charge in [-0.2, -0.15) is 0 Å². The van der Waals surface area contributed by atoms with Gasteiger partial charge in [0.15, 0.2) is 6.04 Å². The van der Waals surface area contributed by atoms with Crippen molar-refractivity contribution in [3.8, 4) is 0 Å². The molecule has 1 aliphatic heterocycles. The highest BCUT2D eigenvalue weighted by Crippen LogP contribution is 2.27. The van der Waals surface area contributed by atoms with E-state index in [-0.39, 0.29) is 25.7 Å². The lowest BCUT2D eigenvalue weighted by atomic mass is 10.1. The Balaban J connectivity index is 1.92. The number of rotatable bonds is 7. The van der Waals surface area contributed by atoms with Crippen LogP contribution in [0.4, 0.5) is 4.79 Å². The first kappa shape index (κ1) is 18.6. The molecule has 0 aliphatic carbocycles. The SMILES string of the molecule is CCOC(=O)C1C(C=O)N(Cc2ccccc2)C(=O)N1Cc1ccccc1. The first-order valence-corrected chi connectivity index (χ1v) is 8.92. The Kier molecular flexibility index (Phi) is 5.86. The minimum absolute atomic E-state index is 0.187. The molecule has 3 rings (SSSR count). The van der Waals surface area contributed by atoms with Gasteiger partial charge in [-0.1, -0.05) is 60.7 Å². The summed E-state index contributed by atoms with van der Waals surface area (Å²) in [7, 11) is 0. The number of carbonyl (C=O) groups is 3. The molecule has 0 bridgehead atoms. The summed E-state index contributed by atoms with van der Waals surface area (Å²) in [5, 5.41) is 0. The number of ether oxygens (including phenoxy) is 1. The number of hydrogen-bond donors (Lipinski definition) is 0. The van der Waals surface area contributed by atoms with Gasteiger partial charge in [-0.05, 0) is 18.1 Å². The van der Waals surface area contributed by atoms with Gasteiger partial charge in [0.05, 0.1) is 6.61 Å². The third kappa shape index (κ3) is 4.00. The maximum absolute atomic E-state index is 13.1. The van der Waals surface area contributed by atoms with Crippen LogP contribution in [0, 0.1) is 0 Å². The Hall–Kier alpha value is -3.15. The van der Waals surface area contributed by atoms with Gasteiger partial charge in [-0.3, -0.25) is 0 Å². The monoisotopic (exact) mass is 366 g/mol. The van der Waals surface area contributed by atoms with Crippen LogP contribution in [0.1, 0.15) is 18.1 Å². The first-order chi connectivity index (χ1) is 13.2. The van der Waals surface area contributed by atoms with Crippen LogP contribution < -0.4 is 0 Å². The van der Waals surface area contributed by atoms with E-state index in [4.69, 9.17) is 4.74 Å². The fourth-order valence-electron chi connectivity index (χ4n) is 3.31. The first-order valence-electron chi connectivity index (χ1n) is 8.92. The molecule has 27 heavy (non-hydrogen) atoms. The second-order valence-corrected chi connectivity index (χ2v) is 6.33. The van der Waals surface area contributed by atoms with Crippen LogP contribution in [0.15, 0.2) is 60.7 Å². The molecule has 0 N–H and O–H groups in total. The summed E-state index contributed by atoms with van der Waals surface area (Å²) in [4.78, 5) is 40.4. The van der Waals surface area contributed by atoms with Crippen molar-refractivity contribution in [3.63, 3.8) is 0 Å². The van der Waals surface area contributed by atoms with Gasteiger partial charge >= 0.3 is 12.0 Å². The smallest absolute Gasteiger partial charge is 0.331 e. The van der Waals surface area contributed by atoms with E-state index in [9.17, 15) is 14.4 Å². The quantitative estimate of drug-likeness (QED) is 0.558. The van der Waals surface area contributed by atoms with Gasteiger partial charge in [0, 0.05) is 13.1 Å². The van der Waals surface area contributed by atoms with E-state index in [0.717, 1.165) is 11.1 Å². The lowest BCUT2D eigenvalue weighted by molar-refractivity contribution is -0.149. The highest BCUT2D eigenvalue weighted by Gasteiger charge is 2.50. The summed E-state index contributed by atoms with van der Waals surface area (Å²) >= 11 is 0. The number of carbonyl (C=O) groups excluding carboxylic acids is 3. The summed E-state index contributed by atoms with van der Waals surface area (Å²) in [5.74, 6) is -0.561. The van der Waals surface area contributed by atoms with E-state index in [1.54, 1.807) is 6.92 Å². The molecule has 2 amide bonds. The number of amides is 2. The van der Waals surface area contributed by atoms with Crippen molar-refractivity contribution >= 4 is 18.3 Å². The second-order valence-electron chi connectivity index (χ2n) is 6.33. The highest BCUT2D eigenvalue weighted by atomic mass is 16.5. The molecule has 0 spiro atoms. The van der Waals surface area contributed by atoms with Gasteiger partial charge in [0.25, 0.3) is 0 Å². The zero-order valence-corrected chi connectivity index (χ0v) is 15.2. The van der Waals surface area contributed by atoms with Crippen molar-refractivity contribution in [3.05, 3.63) is 71.8 Å². The number of aldehydes is 1. The largest absolute Gasteiger partial charge is 0.464 e. The molecule has 0 radical (unpaired) electrons. The fourth-order valence-corrected chi connectivity index (χ4v) is 3.31. The molecule has 6 heteroatoms. The molecule has 0 aromatic heterocycles. The van der Waals surface area contributed by atoms with Crippen LogP contribution in [0.25, 0.3) is 0 Å². The number of hydrogen-bond acceptors (Lipinski definition) is 4. The van der Waals surface area contributed by atoms with E-state index < -0.39 is 18.1 Å². The second kappa shape index (κ2) is 8.49. The summed E-state index contributed by atoms with van der Waals surface area (Å²) in [6, 6.07) is 16.6. The Morgan fingerprint density at radius 2 is 1.48 bits per heavy atom. The lowest BCUT2D eigenvalue weighted by Gasteiger charge is -2.23. The maximum Gasteiger partial charge on any atom is 0.331 e. The lowest BCUT2D eigenvalue weighted by Crippen LogP contribution is -2.45. The highest BCUT2D eigenvalue weighted by molar-refractivity contribution is 5.93. The van der Waals surface area contributed by atoms with Crippen LogP contribution in [-0.2, 0) is 27.4 Å². The van der Waals surface area contributed by atoms with Gasteiger partial charge in [0.2, 0.25) is 0 Å². The molecule has 2 atom stereocenters. The Bertz CT molecular complexity index is 794. The van der Waals surface area contributed by atoms with Crippen molar-refractivity contribution in [2.24, 2.45) is 0 Å². The van der Waals surface area contributed by atoms with Gasteiger partial charge in [0.1, 0.15) is 12.3 Å². The Labute approximate surface area is 158 Å². The van der Waals surface area contributed by atoms with Crippen LogP contribution in [-0.4, -0.2) is 46.8 Å². The molecule has 1 saturated heterocycles. The Morgan fingerprint density at radius 3 is 1.96 bits per heavy atom. The molecule has 140 valence electrons. The summed E-state index contributed by atoms with van der Waals surface area (Å²) in [5.41, 5.74) is 1.77. The van der Waals surface area contributed by atoms with Crippen LogP contribution in [0.2, 0.25) is 0 Å². The predicted molar refractivity (Wildman–Crippen MR) is 99.6 cm³/mol. The van der Waals surface area contributed by atoms with E-state index in [1.165, 1.54) is 9.80 Å². The van der Waals surface area contributed by atoms with E-state index >= 15 is 0 Å². The molecule has 0 saturated carbocycles. The third-order valence-corrected chi connectivity index (χ3v) is 4.57. The topological polar surface area (TPSA) is 66.9 Å². The summed E-state index contributed by atoms with van der Waals surface area (Å²) in [6.07, 6.45) is 0.660. The van der Waals surface area contributed by atoms with Gasteiger partial charge in [-0.25, -0.2) is 9.59 Å². The molecule has 6 nitrogen and oxygen atoms in total. The normalized spacial score (nSPS) is 19.2. The van der Waals surface area contributed by atoms with Crippen molar-refractivity contribution in [2.45, 2.75) is 32.1 Å². The van der Waals surface area contributed by atoms with Crippen molar-refractivity contribution < 1.29 is 19.1 Å². The zero-order valence-electron chi connectivity index (χ0n) is 15.2. The Morgan fingerprint density at radius 1 is 0.963 bits per heavy atom. The average Bonchev–Trinajstić information content (AvgIpc) is 2.95. The number of esters is 1. The van der Waals surface area contributed by atoms with Crippen molar-refractivity contribution in [1.82, 2.24) is 9.80 Å². The summed E-state index contributed by atoms with van der Waals surface area (Å²) in [6.45, 7) is 2.38. The van der Waals surface area contributed by atoms with Crippen LogP contribution >= 0.6 is 0 Å². The van der Waals surface area contributed by atoms with E-state index in [1.807, 2.05) is 60.7 Å². The predicted octanol–water partition coefficient (Wildman–Crippen LogP) is 2.62. The molecular weight excluding hydrogens is 344 g/mol. The number of nitrogens with zero attached hydrogens (tertiary/aromatic N) is 2. The van der Waals surface area contributed by atoms with E-state index in [2.05, 4.69) is 0 Å². The third-order valence-electron chi connectivity index (χ3n) is 4.57. The van der Waals surface area contributed by atoms with Gasteiger partial charge < -0.3 is 19.3 Å². The molecule has 1 fully saturated rings. The fraction of sp³-hybridized carbons (Fsp3) is 0.286. The number of urea groups is 1. The van der Waals surface area contributed by atoms with Crippen molar-refractivity contribution in [1.29, 1.82) is 0 Å². The summed E-state index contributed by atoms with van der Waals surface area (Å²) < 4.78 is 5.15. The molecular formula is C21H22N2O4. The van der Waals surface area contributed by atoms with Crippen LogP contribution in [0.5, 0.6) is 0 Å². The van der Waals surface area contributed by atoms with Crippen molar-refractivity contribution in [2.75, 3.05) is 6.61 Å². The zero-order chi connectivity index (χ0) is 19.2. The minimum atomic E-state index is -0.959. The molecule has 2 aromatic carbocycles. The minimum Gasteiger partial charge on any atom is -0.464 e. The standard InChI is InChI=1S/C21H22N2O4/c1-2-27-20(25)19-18(15-24)22(13-16-9-5-3-6-10-16)21(26)23(19)14-17-11-7-4-8-12-17/h3-12,15,18-19H,2,13-14H2,1H3. The number of benzene rings is 2. The van der Waals surface area contributed by atoms with Gasteiger partial charge in [-0.15, -0.1) is 0 Å². The maximum atomic E-state index is 13.1. The molecule has 2 unspecified atom stereocenters. The molecule has 1 aliphatic rings. The van der Waals surface area contributed by atoms with E-state index in [0.29, 0.717) is 6.29 Å².